The van der Waals surface area contributed by atoms with Gasteiger partial charge in [-0.3, -0.25) is 4.79 Å². The van der Waals surface area contributed by atoms with E-state index in [1.54, 1.807) is 0 Å². The minimum atomic E-state index is -3.78. The molecule has 0 spiro atoms. The zero-order valence-corrected chi connectivity index (χ0v) is 13.3. The Morgan fingerprint density at radius 1 is 1.24 bits per heavy atom. The highest BCUT2D eigenvalue weighted by molar-refractivity contribution is 7.87. The van der Waals surface area contributed by atoms with Crippen LogP contribution < -0.4 is 9.44 Å². The Hall–Kier alpha value is -1.44. The third-order valence-corrected chi connectivity index (χ3v) is 3.92. The second kappa shape index (κ2) is 8.11. The topological polar surface area (TPSA) is 84.5 Å². The van der Waals surface area contributed by atoms with Gasteiger partial charge in [0.2, 0.25) is 0 Å². The molecule has 0 unspecified atom stereocenters. The van der Waals surface area contributed by atoms with Crippen molar-refractivity contribution in [1.29, 1.82) is 0 Å². The highest BCUT2D eigenvalue weighted by Gasteiger charge is 2.25. The van der Waals surface area contributed by atoms with Crippen LogP contribution in [0.5, 0.6) is 0 Å². The molecule has 0 fully saturated rings. The van der Waals surface area contributed by atoms with Gasteiger partial charge in [0.1, 0.15) is 6.04 Å². The molecule has 0 heterocycles. The minimum absolute atomic E-state index is 0.158. The summed E-state index contributed by atoms with van der Waals surface area (Å²) in [6.07, 6.45) is 0.374. The molecule has 0 amide bonds. The molecule has 1 rings (SSSR count). The van der Waals surface area contributed by atoms with Gasteiger partial charge in [-0.2, -0.15) is 17.9 Å². The van der Waals surface area contributed by atoms with Gasteiger partial charge in [-0.15, -0.1) is 0 Å². The number of hydrogen-bond donors (Lipinski definition) is 2. The van der Waals surface area contributed by atoms with Crippen molar-refractivity contribution in [3.8, 4) is 0 Å². The van der Waals surface area contributed by atoms with E-state index < -0.39 is 22.2 Å². The smallest absolute Gasteiger partial charge is 0.323 e. The van der Waals surface area contributed by atoms with E-state index in [1.165, 1.54) is 7.11 Å². The van der Waals surface area contributed by atoms with E-state index in [-0.39, 0.29) is 12.5 Å². The number of rotatable bonds is 8. The lowest BCUT2D eigenvalue weighted by atomic mass is 10.1. The van der Waals surface area contributed by atoms with Crippen LogP contribution in [0.4, 0.5) is 0 Å². The lowest BCUT2D eigenvalue weighted by molar-refractivity contribution is -0.143. The molecule has 21 heavy (non-hydrogen) atoms. The van der Waals surface area contributed by atoms with Crippen LogP contribution >= 0.6 is 0 Å². The van der Waals surface area contributed by atoms with Crippen molar-refractivity contribution in [2.24, 2.45) is 5.92 Å². The highest BCUT2D eigenvalue weighted by Crippen LogP contribution is 2.07. The number of benzene rings is 1. The number of esters is 1. The molecule has 0 saturated carbocycles. The maximum Gasteiger partial charge on any atom is 0.323 e. The fraction of sp³-hybridized carbons (Fsp3) is 0.500. The number of ether oxygens (including phenoxy) is 1. The average molecular weight is 314 g/mol. The van der Waals surface area contributed by atoms with Gasteiger partial charge in [0, 0.05) is 6.54 Å². The van der Waals surface area contributed by atoms with E-state index in [0.717, 1.165) is 5.56 Å². The zero-order chi connectivity index (χ0) is 15.9. The summed E-state index contributed by atoms with van der Waals surface area (Å²) in [5, 5.41) is 0. The Balaban J connectivity index is 2.65. The third kappa shape index (κ3) is 6.70. The Bertz CT molecular complexity index is 543. The maximum absolute atomic E-state index is 12.0. The Labute approximate surface area is 126 Å². The first-order valence-corrected chi connectivity index (χ1v) is 8.21. The molecule has 0 bridgehead atoms. The lowest BCUT2D eigenvalue weighted by Gasteiger charge is -2.18. The molecule has 0 aliphatic rings. The van der Waals surface area contributed by atoms with E-state index in [0.29, 0.717) is 6.42 Å². The molecule has 2 N–H and O–H groups in total. The first-order valence-electron chi connectivity index (χ1n) is 6.72. The number of hydrogen-bond acceptors (Lipinski definition) is 4. The number of nitrogens with one attached hydrogen (secondary N) is 2. The summed E-state index contributed by atoms with van der Waals surface area (Å²) in [4.78, 5) is 11.6. The van der Waals surface area contributed by atoms with Gasteiger partial charge in [0.25, 0.3) is 10.2 Å². The largest absolute Gasteiger partial charge is 0.468 e. The Morgan fingerprint density at radius 2 is 1.86 bits per heavy atom. The van der Waals surface area contributed by atoms with Gasteiger partial charge in [-0.25, -0.2) is 0 Å². The molecule has 0 aromatic heterocycles. The predicted molar refractivity (Wildman–Crippen MR) is 80.6 cm³/mol. The van der Waals surface area contributed by atoms with Crippen LogP contribution in [0.25, 0.3) is 0 Å². The van der Waals surface area contributed by atoms with Gasteiger partial charge in [-0.1, -0.05) is 44.2 Å². The fourth-order valence-corrected chi connectivity index (χ4v) is 2.82. The molecule has 0 saturated heterocycles. The average Bonchev–Trinajstić information content (AvgIpc) is 2.44. The lowest BCUT2D eigenvalue weighted by Crippen LogP contribution is -2.47. The molecule has 1 aromatic rings. The van der Waals surface area contributed by atoms with Gasteiger partial charge in [0.05, 0.1) is 7.11 Å². The van der Waals surface area contributed by atoms with Crippen LogP contribution in [0, 0.1) is 5.92 Å². The van der Waals surface area contributed by atoms with Gasteiger partial charge >= 0.3 is 5.97 Å². The van der Waals surface area contributed by atoms with Gasteiger partial charge < -0.3 is 4.74 Å². The van der Waals surface area contributed by atoms with Crippen molar-refractivity contribution in [3.63, 3.8) is 0 Å². The zero-order valence-electron chi connectivity index (χ0n) is 12.5. The third-order valence-electron chi connectivity index (χ3n) is 2.80. The van der Waals surface area contributed by atoms with Crippen LogP contribution in [0.15, 0.2) is 30.3 Å². The molecule has 7 heteroatoms. The molecular weight excluding hydrogens is 292 g/mol. The normalized spacial score (nSPS) is 13.1. The standard InChI is InChI=1S/C14H22N2O4S/c1-11(2)9-13(14(17)20-3)16-21(18,19)15-10-12-7-5-4-6-8-12/h4-8,11,13,15-16H,9-10H2,1-3H3/t13-/m0/s1. The Morgan fingerprint density at radius 3 is 2.38 bits per heavy atom. The monoisotopic (exact) mass is 314 g/mol. The van der Waals surface area contributed by atoms with E-state index >= 15 is 0 Å². The summed E-state index contributed by atoms with van der Waals surface area (Å²) < 4.78 is 33.3. The molecule has 6 nitrogen and oxygen atoms in total. The maximum atomic E-state index is 12.0. The molecule has 1 atom stereocenters. The summed E-state index contributed by atoms with van der Waals surface area (Å²) in [7, 11) is -2.54. The SMILES string of the molecule is COC(=O)[C@H](CC(C)C)NS(=O)(=O)NCc1ccccc1. The van der Waals surface area contributed by atoms with Crippen molar-refractivity contribution in [2.75, 3.05) is 7.11 Å². The van der Waals surface area contributed by atoms with E-state index in [4.69, 9.17) is 0 Å². The summed E-state index contributed by atoms with van der Waals surface area (Å²) in [6.45, 7) is 3.97. The van der Waals surface area contributed by atoms with Crippen LogP contribution in [0.3, 0.4) is 0 Å². The summed E-state index contributed by atoms with van der Waals surface area (Å²) in [5.41, 5.74) is 0.835. The van der Waals surface area contributed by atoms with Gasteiger partial charge in [-0.05, 0) is 17.9 Å². The van der Waals surface area contributed by atoms with E-state index in [9.17, 15) is 13.2 Å². The van der Waals surface area contributed by atoms with Crippen molar-refractivity contribution in [3.05, 3.63) is 35.9 Å². The van der Waals surface area contributed by atoms with E-state index in [1.807, 2.05) is 44.2 Å². The quantitative estimate of drug-likeness (QED) is 0.706. The first kappa shape index (κ1) is 17.6. The molecule has 118 valence electrons. The second-order valence-electron chi connectivity index (χ2n) is 5.13. The molecular formula is C14H22N2O4S. The number of carbonyl (C=O) groups is 1. The Kier molecular flexibility index (Phi) is 6.80. The van der Waals surface area contributed by atoms with Crippen LogP contribution in [-0.2, 0) is 26.3 Å². The van der Waals surface area contributed by atoms with E-state index in [2.05, 4.69) is 14.2 Å². The highest BCUT2D eigenvalue weighted by atomic mass is 32.2. The van der Waals surface area contributed by atoms with Crippen LogP contribution in [-0.4, -0.2) is 27.5 Å². The molecule has 1 aromatic carbocycles. The number of methoxy groups -OCH3 is 1. The van der Waals surface area contributed by atoms with Crippen LogP contribution in [0.2, 0.25) is 0 Å². The van der Waals surface area contributed by atoms with Crippen molar-refractivity contribution in [1.82, 2.24) is 9.44 Å². The second-order valence-corrected chi connectivity index (χ2v) is 6.66. The summed E-state index contributed by atoms with van der Waals surface area (Å²) in [6, 6.07) is 8.25. The van der Waals surface area contributed by atoms with Crippen LogP contribution in [0.1, 0.15) is 25.8 Å². The molecule has 0 aliphatic carbocycles. The first-order chi connectivity index (χ1) is 9.84. The summed E-state index contributed by atoms with van der Waals surface area (Å²) in [5.74, 6) is -0.431. The molecule has 0 aliphatic heterocycles. The predicted octanol–water partition coefficient (Wildman–Crippen LogP) is 1.20. The van der Waals surface area contributed by atoms with Gasteiger partial charge in [0.15, 0.2) is 0 Å². The fourth-order valence-electron chi connectivity index (χ4n) is 1.81. The van der Waals surface area contributed by atoms with Crippen molar-refractivity contribution < 1.29 is 17.9 Å². The van der Waals surface area contributed by atoms with Crippen molar-refractivity contribution >= 4 is 16.2 Å². The summed E-state index contributed by atoms with van der Waals surface area (Å²) >= 11 is 0. The minimum Gasteiger partial charge on any atom is -0.468 e. The number of carbonyl (C=O) groups excluding carboxylic acids is 1. The van der Waals surface area contributed by atoms with Crippen molar-refractivity contribution in [2.45, 2.75) is 32.9 Å². The molecule has 0 radical (unpaired) electrons.